The van der Waals surface area contributed by atoms with Gasteiger partial charge in [0.1, 0.15) is 5.82 Å². The highest BCUT2D eigenvalue weighted by Crippen LogP contribution is 2.31. The zero-order valence-corrected chi connectivity index (χ0v) is 14.8. The third-order valence-corrected chi connectivity index (χ3v) is 4.52. The lowest BCUT2D eigenvalue weighted by atomic mass is 10.1. The Hall–Kier alpha value is -2.77. The van der Waals surface area contributed by atoms with E-state index in [-0.39, 0.29) is 12.2 Å². The third kappa shape index (κ3) is 2.65. The Labute approximate surface area is 153 Å². The number of aliphatic hydroxyl groups is 1. The van der Waals surface area contributed by atoms with E-state index < -0.39 is 0 Å². The molecule has 0 spiro atoms. The molecular formula is C18H16ClN5O2. The predicted octanol–water partition coefficient (Wildman–Crippen LogP) is 2.45. The van der Waals surface area contributed by atoms with Gasteiger partial charge in [0.15, 0.2) is 0 Å². The molecule has 0 aliphatic rings. The molecule has 1 N–H and O–H groups in total. The average molecular weight is 370 g/mol. The van der Waals surface area contributed by atoms with Crippen molar-refractivity contribution in [2.24, 2.45) is 0 Å². The number of halogens is 1. The van der Waals surface area contributed by atoms with Gasteiger partial charge in [-0.25, -0.2) is 4.98 Å². The number of hydrogen-bond acceptors (Lipinski definition) is 5. The molecule has 0 aliphatic carbocycles. The van der Waals surface area contributed by atoms with Gasteiger partial charge in [-0.2, -0.15) is 9.50 Å². The molecule has 1 aromatic carbocycles. The second kappa shape index (κ2) is 6.51. The summed E-state index contributed by atoms with van der Waals surface area (Å²) in [6.07, 6.45) is 2.17. The van der Waals surface area contributed by atoms with Crippen LogP contribution in [0.1, 0.15) is 12.2 Å². The first-order valence-corrected chi connectivity index (χ1v) is 8.60. The van der Waals surface area contributed by atoms with Crippen molar-refractivity contribution >= 4 is 28.3 Å². The number of rotatable bonds is 4. The van der Waals surface area contributed by atoms with Crippen molar-refractivity contribution in [3.8, 4) is 11.3 Å². The van der Waals surface area contributed by atoms with Gasteiger partial charge in [-0.15, -0.1) is 5.10 Å². The fraction of sp³-hybridized carbons (Fsp3) is 0.222. The van der Waals surface area contributed by atoms with Crippen molar-refractivity contribution in [2.45, 2.75) is 19.9 Å². The molecule has 0 amide bonds. The lowest BCUT2D eigenvalue weighted by Crippen LogP contribution is -2.22. The molecule has 8 heteroatoms. The molecule has 0 bridgehead atoms. The zero-order chi connectivity index (χ0) is 18.3. The Bertz CT molecular complexity index is 1180. The minimum Gasteiger partial charge on any atom is -0.396 e. The number of aryl methyl sites for hydroxylation is 2. The van der Waals surface area contributed by atoms with Gasteiger partial charge in [0, 0.05) is 29.9 Å². The van der Waals surface area contributed by atoms with Crippen LogP contribution >= 0.6 is 11.6 Å². The lowest BCUT2D eigenvalue weighted by molar-refractivity contribution is 0.279. The Kier molecular flexibility index (Phi) is 4.18. The van der Waals surface area contributed by atoms with Crippen LogP contribution in [0.2, 0.25) is 5.02 Å². The van der Waals surface area contributed by atoms with E-state index in [1.54, 1.807) is 34.3 Å². The molecule has 132 valence electrons. The SMILES string of the molecule is Cc1nc2nc3ccn(CCCO)c(=O)c3c(-c3ccccc3Cl)n2n1. The molecule has 0 radical (unpaired) electrons. The number of pyridine rings is 1. The van der Waals surface area contributed by atoms with Crippen molar-refractivity contribution in [3.63, 3.8) is 0 Å². The predicted molar refractivity (Wildman–Crippen MR) is 99.4 cm³/mol. The molecule has 0 atom stereocenters. The first kappa shape index (κ1) is 16.7. The Morgan fingerprint density at radius 3 is 2.77 bits per heavy atom. The molecule has 7 nitrogen and oxygen atoms in total. The van der Waals surface area contributed by atoms with Crippen LogP contribution < -0.4 is 5.56 Å². The van der Waals surface area contributed by atoms with E-state index in [1.165, 1.54) is 0 Å². The summed E-state index contributed by atoms with van der Waals surface area (Å²) in [7, 11) is 0. The summed E-state index contributed by atoms with van der Waals surface area (Å²) in [5.74, 6) is 0.971. The minimum atomic E-state index is -0.201. The number of hydrogen-bond donors (Lipinski definition) is 1. The monoisotopic (exact) mass is 369 g/mol. The second-order valence-electron chi connectivity index (χ2n) is 5.96. The first-order valence-electron chi connectivity index (χ1n) is 8.22. The summed E-state index contributed by atoms with van der Waals surface area (Å²) in [5.41, 5.74) is 1.59. The lowest BCUT2D eigenvalue weighted by Gasteiger charge is -2.12. The highest BCUT2D eigenvalue weighted by Gasteiger charge is 2.19. The summed E-state index contributed by atoms with van der Waals surface area (Å²) < 4.78 is 3.13. The summed E-state index contributed by atoms with van der Waals surface area (Å²) in [6, 6.07) is 9.08. The maximum Gasteiger partial charge on any atom is 0.262 e. The van der Waals surface area contributed by atoms with Crippen molar-refractivity contribution in [1.29, 1.82) is 0 Å². The van der Waals surface area contributed by atoms with Crippen LogP contribution in [0.25, 0.3) is 27.9 Å². The van der Waals surface area contributed by atoms with Gasteiger partial charge >= 0.3 is 0 Å². The third-order valence-electron chi connectivity index (χ3n) is 4.19. The number of aromatic nitrogens is 5. The molecular weight excluding hydrogens is 354 g/mol. The van der Waals surface area contributed by atoms with E-state index in [1.807, 2.05) is 18.2 Å². The van der Waals surface area contributed by atoms with Gasteiger partial charge in [-0.1, -0.05) is 29.8 Å². The fourth-order valence-electron chi connectivity index (χ4n) is 3.04. The molecule has 3 aromatic heterocycles. The number of benzene rings is 1. The Morgan fingerprint density at radius 2 is 2.00 bits per heavy atom. The molecule has 4 aromatic rings. The van der Waals surface area contributed by atoms with E-state index in [0.29, 0.717) is 51.8 Å². The summed E-state index contributed by atoms with van der Waals surface area (Å²) in [6.45, 7) is 2.21. The smallest absolute Gasteiger partial charge is 0.262 e. The fourth-order valence-corrected chi connectivity index (χ4v) is 3.26. The number of nitrogens with zero attached hydrogens (tertiary/aromatic N) is 5. The van der Waals surface area contributed by atoms with Gasteiger partial charge in [-0.05, 0) is 25.5 Å². The van der Waals surface area contributed by atoms with E-state index in [9.17, 15) is 4.79 Å². The van der Waals surface area contributed by atoms with Crippen LogP contribution in [0.15, 0.2) is 41.3 Å². The highest BCUT2D eigenvalue weighted by molar-refractivity contribution is 6.33. The molecule has 0 saturated heterocycles. The van der Waals surface area contributed by atoms with Crippen molar-refractivity contribution in [2.75, 3.05) is 6.61 Å². The quantitative estimate of drug-likeness (QED) is 0.597. The standard InChI is InChI=1S/C18H16ClN5O2/c1-11-20-18-21-14-7-9-23(8-4-10-25)17(26)15(14)16(24(18)22-11)12-5-2-3-6-13(12)19/h2-3,5-7,9,25H,4,8,10H2,1H3. The van der Waals surface area contributed by atoms with Crippen LogP contribution in [0, 0.1) is 6.92 Å². The molecule has 4 rings (SSSR count). The topological polar surface area (TPSA) is 85.3 Å². The van der Waals surface area contributed by atoms with Crippen LogP contribution in [0.5, 0.6) is 0 Å². The number of fused-ring (bicyclic) bond motifs is 2. The summed E-state index contributed by atoms with van der Waals surface area (Å²) in [4.78, 5) is 21.9. The average Bonchev–Trinajstić information content (AvgIpc) is 3.00. The largest absolute Gasteiger partial charge is 0.396 e. The molecule has 0 aliphatic heterocycles. The Balaban J connectivity index is 2.16. The molecule has 26 heavy (non-hydrogen) atoms. The van der Waals surface area contributed by atoms with Gasteiger partial charge in [0.2, 0.25) is 0 Å². The first-order chi connectivity index (χ1) is 12.6. The van der Waals surface area contributed by atoms with Crippen LogP contribution in [-0.2, 0) is 6.54 Å². The van der Waals surface area contributed by atoms with Crippen molar-refractivity contribution in [3.05, 3.63) is 57.7 Å². The Morgan fingerprint density at radius 1 is 1.19 bits per heavy atom. The molecule has 0 unspecified atom stereocenters. The molecule has 0 saturated carbocycles. The van der Waals surface area contributed by atoms with E-state index in [2.05, 4.69) is 15.1 Å². The summed E-state index contributed by atoms with van der Waals surface area (Å²) >= 11 is 6.42. The van der Waals surface area contributed by atoms with Gasteiger partial charge in [-0.3, -0.25) is 4.79 Å². The zero-order valence-electron chi connectivity index (χ0n) is 14.1. The van der Waals surface area contributed by atoms with Gasteiger partial charge in [0.05, 0.1) is 16.6 Å². The van der Waals surface area contributed by atoms with E-state index >= 15 is 0 Å². The van der Waals surface area contributed by atoms with Gasteiger partial charge in [0.25, 0.3) is 11.3 Å². The second-order valence-corrected chi connectivity index (χ2v) is 6.37. The van der Waals surface area contributed by atoms with Crippen LogP contribution in [0.3, 0.4) is 0 Å². The van der Waals surface area contributed by atoms with E-state index in [0.717, 1.165) is 0 Å². The molecule has 0 fully saturated rings. The van der Waals surface area contributed by atoms with Gasteiger partial charge < -0.3 is 9.67 Å². The maximum absolute atomic E-state index is 13.1. The van der Waals surface area contributed by atoms with Crippen LogP contribution in [-0.4, -0.2) is 35.9 Å². The highest BCUT2D eigenvalue weighted by atomic mass is 35.5. The maximum atomic E-state index is 13.1. The number of aliphatic hydroxyl groups excluding tert-OH is 1. The normalized spacial score (nSPS) is 11.5. The van der Waals surface area contributed by atoms with Crippen molar-refractivity contribution < 1.29 is 5.11 Å². The minimum absolute atomic E-state index is 0.0153. The summed E-state index contributed by atoms with van der Waals surface area (Å²) in [5, 5.41) is 14.4. The van der Waals surface area contributed by atoms with Crippen molar-refractivity contribution in [1.82, 2.24) is 24.1 Å². The van der Waals surface area contributed by atoms with E-state index in [4.69, 9.17) is 16.7 Å². The van der Waals surface area contributed by atoms with Crippen LogP contribution in [0.4, 0.5) is 0 Å². The molecule has 3 heterocycles.